The third kappa shape index (κ3) is 5.93. The van der Waals surface area contributed by atoms with Gasteiger partial charge in [0.05, 0.1) is 6.61 Å². The molecule has 5 heteroatoms. The maximum Gasteiger partial charge on any atom is 0.119 e. The number of benzene rings is 1. The molecule has 1 aromatic carbocycles. The zero-order chi connectivity index (χ0) is 19.8. The van der Waals surface area contributed by atoms with Crippen LogP contribution in [0.5, 0.6) is 5.75 Å². The minimum atomic E-state index is 0.208. The zero-order valence-corrected chi connectivity index (χ0v) is 18.1. The Balaban J connectivity index is 1.45. The normalized spacial score (nSPS) is 21.1. The van der Waals surface area contributed by atoms with E-state index >= 15 is 0 Å². The average molecular weight is 390 g/mol. The Morgan fingerprint density at radius 1 is 1.14 bits per heavy atom. The standard InChI is InChI=1S/C23H39N3O2/c1-24-21-9-14-26(15-10-21)13-4-16-28-22-7-5-20(6-8-22)23(19-25(2)3)11-17-27-18-12-23/h5-8,21,24H,4,9-19H2,1-3H3. The lowest BCUT2D eigenvalue weighted by molar-refractivity contribution is 0.0401. The van der Waals surface area contributed by atoms with Crippen LogP contribution in [0.3, 0.4) is 0 Å². The summed E-state index contributed by atoms with van der Waals surface area (Å²) >= 11 is 0. The molecule has 1 aromatic rings. The Morgan fingerprint density at radius 3 is 2.43 bits per heavy atom. The number of piperidine rings is 1. The number of hydrogen-bond donors (Lipinski definition) is 1. The molecule has 0 unspecified atom stereocenters. The smallest absolute Gasteiger partial charge is 0.119 e. The zero-order valence-electron chi connectivity index (χ0n) is 18.1. The number of nitrogens with one attached hydrogen (secondary N) is 1. The second-order valence-corrected chi connectivity index (χ2v) is 8.76. The highest BCUT2D eigenvalue weighted by atomic mass is 16.5. The van der Waals surface area contributed by atoms with E-state index in [-0.39, 0.29) is 5.41 Å². The maximum absolute atomic E-state index is 6.02. The third-order valence-electron chi connectivity index (χ3n) is 6.42. The fourth-order valence-electron chi connectivity index (χ4n) is 4.73. The van der Waals surface area contributed by atoms with Crippen LogP contribution in [0.25, 0.3) is 0 Å². The molecule has 0 saturated carbocycles. The van der Waals surface area contributed by atoms with Crippen molar-refractivity contribution in [2.24, 2.45) is 0 Å². The number of ether oxygens (including phenoxy) is 2. The molecule has 0 aromatic heterocycles. The number of likely N-dealkylation sites (N-methyl/N-ethyl adjacent to an activating group) is 1. The summed E-state index contributed by atoms with van der Waals surface area (Å²) in [5.41, 5.74) is 1.63. The Morgan fingerprint density at radius 2 is 1.82 bits per heavy atom. The topological polar surface area (TPSA) is 37.0 Å². The molecule has 0 bridgehead atoms. The lowest BCUT2D eigenvalue weighted by atomic mass is 9.74. The molecule has 2 heterocycles. The van der Waals surface area contributed by atoms with Gasteiger partial charge in [-0.3, -0.25) is 0 Å². The molecule has 2 aliphatic rings. The Labute approximate surface area is 171 Å². The van der Waals surface area contributed by atoms with Gasteiger partial charge >= 0.3 is 0 Å². The fraction of sp³-hybridized carbons (Fsp3) is 0.739. The highest BCUT2D eigenvalue weighted by Gasteiger charge is 2.34. The first kappa shape index (κ1) is 21.6. The predicted molar refractivity (Wildman–Crippen MR) is 115 cm³/mol. The molecule has 0 spiro atoms. The van der Waals surface area contributed by atoms with E-state index < -0.39 is 0 Å². The van der Waals surface area contributed by atoms with Crippen LogP contribution in [0.15, 0.2) is 24.3 Å². The van der Waals surface area contributed by atoms with Crippen LogP contribution >= 0.6 is 0 Å². The summed E-state index contributed by atoms with van der Waals surface area (Å²) in [6.45, 7) is 7.13. The van der Waals surface area contributed by atoms with Crippen molar-refractivity contribution >= 4 is 0 Å². The molecule has 0 radical (unpaired) electrons. The molecule has 0 aliphatic carbocycles. The van der Waals surface area contributed by atoms with Crippen molar-refractivity contribution < 1.29 is 9.47 Å². The first-order valence-corrected chi connectivity index (χ1v) is 11.0. The van der Waals surface area contributed by atoms with Crippen molar-refractivity contribution in [1.29, 1.82) is 0 Å². The fourth-order valence-corrected chi connectivity index (χ4v) is 4.73. The third-order valence-corrected chi connectivity index (χ3v) is 6.42. The molecule has 0 atom stereocenters. The Kier molecular flexibility index (Phi) is 8.15. The van der Waals surface area contributed by atoms with E-state index in [2.05, 4.69) is 60.5 Å². The van der Waals surface area contributed by atoms with Crippen LogP contribution < -0.4 is 10.1 Å². The molecule has 28 heavy (non-hydrogen) atoms. The van der Waals surface area contributed by atoms with Gasteiger partial charge in [0.1, 0.15) is 5.75 Å². The van der Waals surface area contributed by atoms with Crippen LogP contribution in [0.2, 0.25) is 0 Å². The van der Waals surface area contributed by atoms with Crippen LogP contribution in [-0.4, -0.2) is 83.0 Å². The van der Waals surface area contributed by atoms with Crippen molar-refractivity contribution in [3.8, 4) is 5.75 Å². The van der Waals surface area contributed by atoms with E-state index in [9.17, 15) is 0 Å². The minimum absolute atomic E-state index is 0.208. The Hall–Kier alpha value is -1.14. The summed E-state index contributed by atoms with van der Waals surface area (Å²) in [5.74, 6) is 0.990. The van der Waals surface area contributed by atoms with E-state index in [1.165, 1.54) is 31.5 Å². The van der Waals surface area contributed by atoms with E-state index in [0.29, 0.717) is 6.04 Å². The van der Waals surface area contributed by atoms with Gasteiger partial charge < -0.3 is 24.6 Å². The van der Waals surface area contributed by atoms with Gasteiger partial charge in [-0.25, -0.2) is 0 Å². The van der Waals surface area contributed by atoms with Gasteiger partial charge in [0.2, 0.25) is 0 Å². The summed E-state index contributed by atoms with van der Waals surface area (Å²) in [6.07, 6.45) is 5.80. The molecule has 2 aliphatic heterocycles. The van der Waals surface area contributed by atoms with Gasteiger partial charge in [-0.05, 0) is 84.0 Å². The van der Waals surface area contributed by atoms with E-state index in [1.54, 1.807) is 0 Å². The first-order valence-electron chi connectivity index (χ1n) is 11.0. The lowest BCUT2D eigenvalue weighted by Crippen LogP contribution is -2.42. The minimum Gasteiger partial charge on any atom is -0.494 e. The SMILES string of the molecule is CNC1CCN(CCCOc2ccc(C3(CN(C)C)CCOCC3)cc2)CC1. The largest absolute Gasteiger partial charge is 0.494 e. The maximum atomic E-state index is 6.02. The van der Waals surface area contributed by atoms with Gasteiger partial charge in [-0.2, -0.15) is 0 Å². The van der Waals surface area contributed by atoms with Crippen LogP contribution in [0.4, 0.5) is 0 Å². The van der Waals surface area contributed by atoms with Gasteiger partial charge in [-0.15, -0.1) is 0 Å². The van der Waals surface area contributed by atoms with Crippen molar-refractivity contribution in [3.63, 3.8) is 0 Å². The lowest BCUT2D eigenvalue weighted by Gasteiger charge is -2.39. The molecular weight excluding hydrogens is 350 g/mol. The molecule has 3 rings (SSSR count). The van der Waals surface area contributed by atoms with Gasteiger partial charge in [-0.1, -0.05) is 12.1 Å². The highest BCUT2D eigenvalue weighted by molar-refractivity contribution is 5.33. The summed E-state index contributed by atoms with van der Waals surface area (Å²) < 4.78 is 11.7. The number of nitrogens with zero attached hydrogens (tertiary/aromatic N) is 2. The van der Waals surface area contributed by atoms with Crippen molar-refractivity contribution in [1.82, 2.24) is 15.1 Å². The summed E-state index contributed by atoms with van der Waals surface area (Å²) in [7, 11) is 6.40. The van der Waals surface area contributed by atoms with Gasteiger partial charge in [0.15, 0.2) is 0 Å². The second kappa shape index (κ2) is 10.6. The van der Waals surface area contributed by atoms with Crippen LogP contribution in [0, 0.1) is 0 Å². The summed E-state index contributed by atoms with van der Waals surface area (Å²) in [4.78, 5) is 4.87. The quantitative estimate of drug-likeness (QED) is 0.658. The van der Waals surface area contributed by atoms with E-state index in [1.807, 2.05) is 0 Å². The predicted octanol–water partition coefficient (Wildman–Crippen LogP) is 2.75. The monoisotopic (exact) mass is 389 g/mol. The molecule has 5 nitrogen and oxygen atoms in total. The number of rotatable bonds is 9. The van der Waals surface area contributed by atoms with Crippen molar-refractivity contribution in [2.75, 3.05) is 67.1 Å². The molecule has 158 valence electrons. The van der Waals surface area contributed by atoms with Crippen molar-refractivity contribution in [3.05, 3.63) is 29.8 Å². The van der Waals surface area contributed by atoms with E-state index in [4.69, 9.17) is 9.47 Å². The van der Waals surface area contributed by atoms with Crippen LogP contribution in [0.1, 0.15) is 37.7 Å². The van der Waals surface area contributed by atoms with Crippen LogP contribution in [-0.2, 0) is 10.2 Å². The summed E-state index contributed by atoms with van der Waals surface area (Å²) in [5, 5.41) is 3.39. The van der Waals surface area contributed by atoms with Gasteiger partial charge in [0, 0.05) is 37.8 Å². The molecule has 0 amide bonds. The Bertz CT molecular complexity index is 562. The molecule has 2 fully saturated rings. The number of hydrogen-bond acceptors (Lipinski definition) is 5. The van der Waals surface area contributed by atoms with Crippen molar-refractivity contribution in [2.45, 2.75) is 43.6 Å². The molecule has 2 saturated heterocycles. The van der Waals surface area contributed by atoms with E-state index in [0.717, 1.165) is 57.9 Å². The number of likely N-dealkylation sites (tertiary alicyclic amines) is 1. The highest BCUT2D eigenvalue weighted by Crippen LogP contribution is 2.36. The molecular formula is C23H39N3O2. The molecule has 1 N–H and O–H groups in total. The second-order valence-electron chi connectivity index (χ2n) is 8.76. The average Bonchev–Trinajstić information content (AvgIpc) is 2.72. The first-order chi connectivity index (χ1) is 13.6. The van der Waals surface area contributed by atoms with Gasteiger partial charge in [0.25, 0.3) is 0 Å². The summed E-state index contributed by atoms with van der Waals surface area (Å²) in [6, 6.07) is 9.55.